The fourth-order valence-electron chi connectivity index (χ4n) is 10.7. The van der Waals surface area contributed by atoms with Gasteiger partial charge in [-0.15, -0.1) is 0 Å². The fourth-order valence-corrected chi connectivity index (χ4v) is 10.7. The van der Waals surface area contributed by atoms with Crippen molar-refractivity contribution in [3.05, 3.63) is 60.8 Å². The van der Waals surface area contributed by atoms with Gasteiger partial charge in [0.2, 0.25) is 5.91 Å². The smallest absolute Gasteiger partial charge is 0.220 e. The number of ether oxygens (including phenoxy) is 6. The van der Waals surface area contributed by atoms with Crippen LogP contribution in [-0.4, -0.2) is 193 Å². The predicted octanol–water partition coefficient (Wildman–Crippen LogP) is 7.21. The number of amides is 1. The minimum atomic E-state index is -1.99. The lowest BCUT2D eigenvalue weighted by atomic mass is 9.96. The highest BCUT2D eigenvalue weighted by molar-refractivity contribution is 5.76. The van der Waals surface area contributed by atoms with Crippen molar-refractivity contribution in [1.82, 2.24) is 5.32 Å². The van der Waals surface area contributed by atoms with Gasteiger partial charge in [0.15, 0.2) is 18.9 Å². The Labute approximate surface area is 503 Å². The average molecular weight is 1200 g/mol. The molecule has 17 atom stereocenters. The lowest BCUT2D eigenvalue weighted by Crippen LogP contribution is -2.66. The van der Waals surface area contributed by atoms with Crippen molar-refractivity contribution in [3.8, 4) is 0 Å². The van der Waals surface area contributed by atoms with Crippen LogP contribution in [0.4, 0.5) is 0 Å². The van der Waals surface area contributed by atoms with Crippen molar-refractivity contribution < 1.29 is 89.4 Å². The van der Waals surface area contributed by atoms with Gasteiger partial charge in [0, 0.05) is 6.42 Å². The molecule has 3 saturated heterocycles. The zero-order valence-electron chi connectivity index (χ0n) is 51.1. The van der Waals surface area contributed by atoms with Crippen LogP contribution in [0.15, 0.2) is 60.8 Å². The second kappa shape index (κ2) is 47.5. The van der Waals surface area contributed by atoms with Crippen LogP contribution >= 0.6 is 0 Å². The van der Waals surface area contributed by atoms with E-state index < -0.39 is 124 Å². The third kappa shape index (κ3) is 30.1. The number of nitrogens with one attached hydrogen (secondary N) is 1. The molecule has 0 aromatic heterocycles. The summed E-state index contributed by atoms with van der Waals surface area (Å²) in [6.45, 7) is 1.66. The first-order chi connectivity index (χ1) is 40.8. The van der Waals surface area contributed by atoms with E-state index in [4.69, 9.17) is 28.4 Å². The number of aliphatic hydroxyl groups excluding tert-OH is 11. The Morgan fingerprint density at radius 1 is 0.429 bits per heavy atom. The van der Waals surface area contributed by atoms with Crippen molar-refractivity contribution in [2.45, 2.75) is 317 Å². The summed E-state index contributed by atoms with van der Waals surface area (Å²) in [5.41, 5.74) is 0. The molecule has 0 saturated carbocycles. The molecule has 0 aromatic carbocycles. The highest BCUT2D eigenvalue weighted by atomic mass is 16.8. The molecule has 0 bridgehead atoms. The molecular formula is C65H115NO18. The van der Waals surface area contributed by atoms with E-state index in [9.17, 15) is 61.0 Å². The van der Waals surface area contributed by atoms with Gasteiger partial charge in [0.05, 0.1) is 38.6 Å². The summed E-state index contributed by atoms with van der Waals surface area (Å²) < 4.78 is 34.2. The number of carbonyl (C=O) groups is 1. The van der Waals surface area contributed by atoms with Gasteiger partial charge in [-0.2, -0.15) is 0 Å². The Hall–Kier alpha value is -2.51. The number of hydrogen-bond acceptors (Lipinski definition) is 18. The SMILES string of the molecule is CCCCC/C=C\C/C=C\CCCCCCCC(=O)NC(COC1OC(CO)C(OC2OC(CO)C(OC3OC(CO)C(O)C(O)C3O)C(O)C2O)C(O)C1O)C(O)/C=C/CC/C=C/CC/C=C/CCCCCCCCCCCCCCCC. The van der Waals surface area contributed by atoms with Crippen LogP contribution in [0.3, 0.4) is 0 Å². The molecule has 0 aromatic rings. The number of allylic oxidation sites excluding steroid dienone is 9. The number of rotatable bonds is 48. The summed E-state index contributed by atoms with van der Waals surface area (Å²) in [7, 11) is 0. The normalized spacial score (nSPS) is 29.6. The van der Waals surface area contributed by atoms with E-state index in [2.05, 4.69) is 67.8 Å². The van der Waals surface area contributed by atoms with E-state index in [0.717, 1.165) is 70.6 Å². The zero-order valence-corrected chi connectivity index (χ0v) is 51.1. The van der Waals surface area contributed by atoms with Crippen LogP contribution in [0.2, 0.25) is 0 Å². The first kappa shape index (κ1) is 75.7. The molecule has 12 N–H and O–H groups in total. The Kier molecular flexibility index (Phi) is 42.8. The number of unbranched alkanes of at least 4 members (excludes halogenated alkanes) is 24. The molecule has 0 spiro atoms. The van der Waals surface area contributed by atoms with Crippen LogP contribution in [0.25, 0.3) is 0 Å². The summed E-state index contributed by atoms with van der Waals surface area (Å²) in [5, 5.41) is 120. The number of carbonyl (C=O) groups excluding carboxylic acids is 1. The molecule has 3 rings (SSSR count). The average Bonchev–Trinajstić information content (AvgIpc) is 2.81. The quantitative estimate of drug-likeness (QED) is 0.0211. The van der Waals surface area contributed by atoms with E-state index in [1.54, 1.807) is 6.08 Å². The Bertz CT molecular complexity index is 1770. The van der Waals surface area contributed by atoms with Crippen molar-refractivity contribution in [1.29, 1.82) is 0 Å². The van der Waals surface area contributed by atoms with Gasteiger partial charge in [-0.1, -0.05) is 190 Å². The summed E-state index contributed by atoms with van der Waals surface area (Å²) in [6.07, 6.45) is 29.2. The largest absolute Gasteiger partial charge is 0.394 e. The van der Waals surface area contributed by atoms with Gasteiger partial charge < -0.3 is 89.9 Å². The molecule has 488 valence electrons. The molecular weight excluding hydrogens is 1080 g/mol. The van der Waals surface area contributed by atoms with E-state index in [-0.39, 0.29) is 18.9 Å². The predicted molar refractivity (Wildman–Crippen MR) is 323 cm³/mol. The van der Waals surface area contributed by atoms with E-state index in [0.29, 0.717) is 12.8 Å². The summed E-state index contributed by atoms with van der Waals surface area (Å²) in [5.74, 6) is -0.305. The summed E-state index contributed by atoms with van der Waals surface area (Å²) in [6, 6.07) is -1.01. The molecule has 19 heteroatoms. The molecule has 3 fully saturated rings. The molecule has 17 unspecified atom stereocenters. The van der Waals surface area contributed by atoms with Crippen LogP contribution in [-0.2, 0) is 33.2 Å². The van der Waals surface area contributed by atoms with Crippen LogP contribution in [0.1, 0.15) is 213 Å². The molecule has 84 heavy (non-hydrogen) atoms. The number of aliphatic hydroxyl groups is 11. The number of hydrogen-bond donors (Lipinski definition) is 12. The minimum absolute atomic E-state index is 0.214. The van der Waals surface area contributed by atoms with E-state index >= 15 is 0 Å². The van der Waals surface area contributed by atoms with Crippen molar-refractivity contribution in [2.75, 3.05) is 26.4 Å². The maximum atomic E-state index is 13.3. The molecule has 3 aliphatic rings. The maximum absolute atomic E-state index is 13.3. The molecule has 3 heterocycles. The van der Waals surface area contributed by atoms with Gasteiger partial charge in [-0.05, 0) is 77.0 Å². The summed E-state index contributed by atoms with van der Waals surface area (Å²) >= 11 is 0. The lowest BCUT2D eigenvalue weighted by Gasteiger charge is -2.48. The van der Waals surface area contributed by atoms with Gasteiger partial charge in [-0.25, -0.2) is 0 Å². The molecule has 0 radical (unpaired) electrons. The first-order valence-electron chi connectivity index (χ1n) is 32.5. The van der Waals surface area contributed by atoms with E-state index in [1.807, 2.05) is 6.08 Å². The lowest BCUT2D eigenvalue weighted by molar-refractivity contribution is -0.379. The third-order valence-corrected chi connectivity index (χ3v) is 16.0. The standard InChI is InChI=1S/C65H115NO18/c1-3-5-7-9-11-13-15-17-19-20-21-22-23-24-25-26-27-29-30-32-34-36-38-40-42-49(70)48(66-53(71)43-41-39-37-35-33-31-28-18-16-14-12-10-8-6-4-2)47-79-63-59(77)56(74)61(51(45-68)81-63)84-65-60(78)57(75)62(52(46-69)82-65)83-64-58(76)55(73)54(72)50(44-67)80-64/h12,14,18,26-28,32,34,40,42,48-52,54-65,67-70,72-78H,3-11,13,15-17,19-25,29-31,33,35-39,41,43-47H2,1-2H3,(H,66,71)/b14-12-,27-26+,28-18-,34-32+,42-40+. The second-order valence-corrected chi connectivity index (χ2v) is 23.2. The highest BCUT2D eigenvalue weighted by Gasteiger charge is 2.53. The highest BCUT2D eigenvalue weighted by Crippen LogP contribution is 2.33. The van der Waals surface area contributed by atoms with Crippen molar-refractivity contribution in [2.24, 2.45) is 0 Å². The maximum Gasteiger partial charge on any atom is 0.220 e. The van der Waals surface area contributed by atoms with Gasteiger partial charge in [-0.3, -0.25) is 4.79 Å². The molecule has 0 aliphatic carbocycles. The fraction of sp³-hybridized carbons (Fsp3) is 0.831. The van der Waals surface area contributed by atoms with E-state index in [1.165, 1.54) is 109 Å². The minimum Gasteiger partial charge on any atom is -0.394 e. The second-order valence-electron chi connectivity index (χ2n) is 23.2. The molecule has 19 nitrogen and oxygen atoms in total. The Morgan fingerprint density at radius 3 is 1.29 bits per heavy atom. The topological polar surface area (TPSA) is 307 Å². The Balaban J connectivity index is 1.49. The van der Waals surface area contributed by atoms with Gasteiger partial charge in [0.25, 0.3) is 0 Å². The monoisotopic (exact) mass is 1200 g/mol. The third-order valence-electron chi connectivity index (χ3n) is 16.0. The van der Waals surface area contributed by atoms with Crippen molar-refractivity contribution in [3.63, 3.8) is 0 Å². The molecule has 3 aliphatic heterocycles. The van der Waals surface area contributed by atoms with Gasteiger partial charge >= 0.3 is 0 Å². The molecule has 1 amide bonds. The van der Waals surface area contributed by atoms with Crippen LogP contribution in [0.5, 0.6) is 0 Å². The summed E-state index contributed by atoms with van der Waals surface area (Å²) in [4.78, 5) is 13.3. The Morgan fingerprint density at radius 2 is 0.798 bits per heavy atom. The zero-order chi connectivity index (χ0) is 61.2. The van der Waals surface area contributed by atoms with Crippen LogP contribution in [0, 0.1) is 0 Å². The van der Waals surface area contributed by atoms with Crippen LogP contribution < -0.4 is 5.32 Å². The first-order valence-corrected chi connectivity index (χ1v) is 32.5. The van der Waals surface area contributed by atoms with Crippen molar-refractivity contribution >= 4 is 5.91 Å². The van der Waals surface area contributed by atoms with Gasteiger partial charge in [0.1, 0.15) is 73.2 Å².